The molecule has 2 amide bonds. The molecule has 0 spiro atoms. The van der Waals surface area contributed by atoms with Crippen molar-refractivity contribution in [3.8, 4) is 16.9 Å². The smallest absolute Gasteiger partial charge is 0.407 e. The number of nitrogens with one attached hydrogen (secondary N) is 2. The maximum Gasteiger partial charge on any atom is 0.407 e. The molecule has 0 aromatic heterocycles. The van der Waals surface area contributed by atoms with Gasteiger partial charge in [-0.3, -0.25) is 4.79 Å². The highest BCUT2D eigenvalue weighted by molar-refractivity contribution is 5.93. The zero-order chi connectivity index (χ0) is 24.8. The fraction of sp³-hybridized carbons (Fsp3) is 0.222. The van der Waals surface area contributed by atoms with E-state index in [1.54, 1.807) is 31.2 Å². The van der Waals surface area contributed by atoms with Crippen molar-refractivity contribution < 1.29 is 29.0 Å². The number of carbonyl (C=O) groups is 3. The summed E-state index contributed by atoms with van der Waals surface area (Å²) in [6.07, 6.45) is -0.602. The van der Waals surface area contributed by atoms with Crippen LogP contribution in [0.3, 0.4) is 0 Å². The number of rotatable bonds is 9. The molecule has 0 heterocycles. The third-order valence-electron chi connectivity index (χ3n) is 5.71. The van der Waals surface area contributed by atoms with Gasteiger partial charge in [0.2, 0.25) is 5.91 Å². The van der Waals surface area contributed by atoms with Crippen LogP contribution in [0.4, 0.5) is 10.5 Å². The Bertz CT molecular complexity index is 1200. The SMILES string of the molecule is CC(CC(=O)Nc1ccccc1OCC(=O)O)NC(=O)OCC1c2ccccc2-c2ccccc21. The van der Waals surface area contributed by atoms with Crippen LogP contribution in [0, 0.1) is 0 Å². The van der Waals surface area contributed by atoms with Gasteiger partial charge in [-0.25, -0.2) is 9.59 Å². The van der Waals surface area contributed by atoms with Gasteiger partial charge in [0.1, 0.15) is 12.4 Å². The number of carboxylic acid groups (broad SMARTS) is 1. The van der Waals surface area contributed by atoms with Gasteiger partial charge in [-0.05, 0) is 41.3 Å². The molecule has 0 aliphatic heterocycles. The van der Waals surface area contributed by atoms with Gasteiger partial charge in [0.25, 0.3) is 0 Å². The zero-order valence-corrected chi connectivity index (χ0v) is 19.2. The molecule has 0 fully saturated rings. The molecule has 1 atom stereocenters. The first-order chi connectivity index (χ1) is 16.9. The number of alkyl carbamates (subject to hydrolysis) is 1. The van der Waals surface area contributed by atoms with Crippen molar-refractivity contribution in [2.24, 2.45) is 0 Å². The molecule has 0 radical (unpaired) electrons. The summed E-state index contributed by atoms with van der Waals surface area (Å²) in [5, 5.41) is 14.2. The predicted molar refractivity (Wildman–Crippen MR) is 130 cm³/mol. The summed E-state index contributed by atoms with van der Waals surface area (Å²) in [5.74, 6) is -1.27. The van der Waals surface area contributed by atoms with Crippen molar-refractivity contribution in [1.29, 1.82) is 0 Å². The van der Waals surface area contributed by atoms with Crippen molar-refractivity contribution in [3.05, 3.63) is 83.9 Å². The molecule has 8 heteroatoms. The monoisotopic (exact) mass is 474 g/mol. The number of para-hydroxylation sites is 2. The van der Waals surface area contributed by atoms with Gasteiger partial charge >= 0.3 is 12.1 Å². The van der Waals surface area contributed by atoms with Gasteiger partial charge in [-0.15, -0.1) is 0 Å². The molecule has 3 aromatic rings. The fourth-order valence-electron chi connectivity index (χ4n) is 4.21. The summed E-state index contributed by atoms with van der Waals surface area (Å²) in [4.78, 5) is 35.6. The molecule has 4 rings (SSSR count). The predicted octanol–water partition coefficient (Wildman–Crippen LogP) is 4.41. The van der Waals surface area contributed by atoms with E-state index in [2.05, 4.69) is 22.8 Å². The number of benzene rings is 3. The second-order valence-electron chi connectivity index (χ2n) is 8.30. The molecule has 1 aliphatic carbocycles. The van der Waals surface area contributed by atoms with Crippen LogP contribution in [-0.4, -0.2) is 42.3 Å². The lowest BCUT2D eigenvalue weighted by Crippen LogP contribution is -2.36. The Labute approximate surface area is 202 Å². The Morgan fingerprint density at radius 3 is 2.17 bits per heavy atom. The molecule has 1 unspecified atom stereocenters. The number of ether oxygens (including phenoxy) is 2. The summed E-state index contributed by atoms with van der Waals surface area (Å²) >= 11 is 0. The first kappa shape index (κ1) is 23.8. The van der Waals surface area contributed by atoms with Crippen molar-refractivity contribution in [1.82, 2.24) is 5.32 Å². The third-order valence-corrected chi connectivity index (χ3v) is 5.71. The summed E-state index contributed by atoms with van der Waals surface area (Å²) in [6.45, 7) is 1.37. The van der Waals surface area contributed by atoms with Gasteiger partial charge in [-0.2, -0.15) is 0 Å². The minimum Gasteiger partial charge on any atom is -0.480 e. The third kappa shape index (κ3) is 5.78. The largest absolute Gasteiger partial charge is 0.480 e. The number of anilines is 1. The van der Waals surface area contributed by atoms with Gasteiger partial charge in [0.05, 0.1) is 5.69 Å². The molecule has 8 nitrogen and oxygen atoms in total. The Morgan fingerprint density at radius 1 is 0.914 bits per heavy atom. The normalized spacial score (nSPS) is 12.7. The van der Waals surface area contributed by atoms with Gasteiger partial charge < -0.3 is 25.2 Å². The lowest BCUT2D eigenvalue weighted by atomic mass is 9.98. The molecule has 180 valence electrons. The number of hydrogen-bond acceptors (Lipinski definition) is 5. The minimum absolute atomic E-state index is 0.00252. The van der Waals surface area contributed by atoms with Gasteiger partial charge in [0.15, 0.2) is 6.61 Å². The van der Waals surface area contributed by atoms with E-state index in [1.165, 1.54) is 0 Å². The number of carbonyl (C=O) groups excluding carboxylic acids is 2. The highest BCUT2D eigenvalue weighted by atomic mass is 16.5. The van der Waals surface area contributed by atoms with E-state index in [9.17, 15) is 14.4 Å². The topological polar surface area (TPSA) is 114 Å². The number of carboxylic acids is 1. The lowest BCUT2D eigenvalue weighted by molar-refractivity contribution is -0.139. The molecular weight excluding hydrogens is 448 g/mol. The highest BCUT2D eigenvalue weighted by Gasteiger charge is 2.29. The van der Waals surface area contributed by atoms with E-state index in [0.717, 1.165) is 22.3 Å². The van der Waals surface area contributed by atoms with Gasteiger partial charge in [0, 0.05) is 18.4 Å². The Kier molecular flexibility index (Phi) is 7.30. The molecule has 1 aliphatic rings. The zero-order valence-electron chi connectivity index (χ0n) is 19.2. The molecule has 0 saturated heterocycles. The van der Waals surface area contributed by atoms with Crippen molar-refractivity contribution in [2.75, 3.05) is 18.5 Å². The van der Waals surface area contributed by atoms with Crippen LogP contribution in [0.25, 0.3) is 11.1 Å². The fourth-order valence-corrected chi connectivity index (χ4v) is 4.21. The second kappa shape index (κ2) is 10.7. The van der Waals surface area contributed by atoms with Crippen molar-refractivity contribution in [3.63, 3.8) is 0 Å². The number of hydrogen-bond donors (Lipinski definition) is 3. The van der Waals surface area contributed by atoms with Crippen LogP contribution in [0.2, 0.25) is 0 Å². The number of aliphatic carboxylic acids is 1. The van der Waals surface area contributed by atoms with Crippen LogP contribution >= 0.6 is 0 Å². The molecular formula is C27H26N2O6. The lowest BCUT2D eigenvalue weighted by Gasteiger charge is -2.17. The highest BCUT2D eigenvalue weighted by Crippen LogP contribution is 2.44. The van der Waals surface area contributed by atoms with E-state index in [-0.39, 0.29) is 30.6 Å². The molecule has 0 saturated carbocycles. The van der Waals surface area contributed by atoms with Crippen molar-refractivity contribution >= 4 is 23.7 Å². The summed E-state index contributed by atoms with van der Waals surface area (Å²) in [5.41, 5.74) is 4.90. The average molecular weight is 475 g/mol. The molecule has 3 aromatic carbocycles. The number of fused-ring (bicyclic) bond motifs is 3. The van der Waals surface area contributed by atoms with Crippen LogP contribution in [0.5, 0.6) is 5.75 Å². The first-order valence-corrected chi connectivity index (χ1v) is 11.3. The quantitative estimate of drug-likeness (QED) is 0.423. The molecule has 35 heavy (non-hydrogen) atoms. The Hall–Kier alpha value is -4.33. The number of amides is 2. The standard InChI is InChI=1S/C27H26N2O6/c1-17(14-25(30)29-23-12-6-7-13-24(23)34-16-26(31)32)28-27(33)35-15-22-20-10-4-2-8-18(20)19-9-3-5-11-21(19)22/h2-13,17,22H,14-16H2,1H3,(H,28,33)(H,29,30)(H,31,32). The molecule has 0 bridgehead atoms. The Morgan fingerprint density at radius 2 is 1.51 bits per heavy atom. The average Bonchev–Trinajstić information content (AvgIpc) is 3.15. The van der Waals surface area contributed by atoms with Crippen LogP contribution < -0.4 is 15.4 Å². The minimum atomic E-state index is -1.12. The van der Waals surface area contributed by atoms with E-state index in [1.807, 2.05) is 36.4 Å². The van der Waals surface area contributed by atoms with E-state index in [0.29, 0.717) is 5.69 Å². The summed E-state index contributed by atoms with van der Waals surface area (Å²) in [6, 6.07) is 22.2. The van der Waals surface area contributed by atoms with E-state index >= 15 is 0 Å². The van der Waals surface area contributed by atoms with Gasteiger partial charge in [-0.1, -0.05) is 60.7 Å². The van der Waals surface area contributed by atoms with E-state index in [4.69, 9.17) is 14.6 Å². The first-order valence-electron chi connectivity index (χ1n) is 11.3. The van der Waals surface area contributed by atoms with E-state index < -0.39 is 24.7 Å². The summed E-state index contributed by atoms with van der Waals surface area (Å²) < 4.78 is 10.7. The Balaban J connectivity index is 1.29. The summed E-state index contributed by atoms with van der Waals surface area (Å²) in [7, 11) is 0. The van der Waals surface area contributed by atoms with Crippen LogP contribution in [-0.2, 0) is 14.3 Å². The maximum atomic E-state index is 12.5. The van der Waals surface area contributed by atoms with Crippen LogP contribution in [0.15, 0.2) is 72.8 Å². The van der Waals surface area contributed by atoms with Crippen LogP contribution in [0.1, 0.15) is 30.4 Å². The second-order valence-corrected chi connectivity index (χ2v) is 8.30. The van der Waals surface area contributed by atoms with Crippen molar-refractivity contribution in [2.45, 2.75) is 25.3 Å². The molecule has 3 N–H and O–H groups in total. The maximum absolute atomic E-state index is 12.5.